The summed E-state index contributed by atoms with van der Waals surface area (Å²) in [6.07, 6.45) is 1.49. The van der Waals surface area contributed by atoms with Crippen molar-refractivity contribution in [3.05, 3.63) is 119 Å². The summed E-state index contributed by atoms with van der Waals surface area (Å²) in [6.45, 7) is 0.316. The van der Waals surface area contributed by atoms with Crippen LogP contribution in [-0.2, 0) is 16.2 Å². The van der Waals surface area contributed by atoms with Gasteiger partial charge in [-0.15, -0.1) is 0 Å². The fourth-order valence-corrected chi connectivity index (χ4v) is 4.39. The molecule has 5 rings (SSSR count). The lowest BCUT2D eigenvalue weighted by Crippen LogP contribution is -2.54. The van der Waals surface area contributed by atoms with Crippen LogP contribution in [0.2, 0.25) is 5.02 Å². The Hall–Kier alpha value is -4.66. The summed E-state index contributed by atoms with van der Waals surface area (Å²) < 4.78 is 17.2. The molecule has 0 spiro atoms. The van der Waals surface area contributed by atoms with E-state index >= 15 is 0 Å². The molecule has 0 aliphatic carbocycles. The molecule has 0 radical (unpaired) electrons. The molecule has 0 unspecified atom stereocenters. The standard InChI is InChI=1S/C31H23ClN2O5S/c1-37-28-18-21(9-16-27(28)38-19-20-7-10-22(32)11-8-20)17-26-29(35)33-31(40)34(30(26)36)23-12-14-25(15-13-23)39-24-5-3-2-4-6-24/h2-18H,19H2,1H3,(H,33,35,40). The van der Waals surface area contributed by atoms with Crippen molar-refractivity contribution in [3.63, 3.8) is 0 Å². The zero-order valence-corrected chi connectivity index (χ0v) is 22.9. The van der Waals surface area contributed by atoms with Gasteiger partial charge in [-0.1, -0.05) is 48.0 Å². The van der Waals surface area contributed by atoms with E-state index in [9.17, 15) is 9.59 Å². The van der Waals surface area contributed by atoms with Crippen molar-refractivity contribution in [3.8, 4) is 23.0 Å². The normalized spacial score (nSPS) is 14.2. The molecule has 0 atom stereocenters. The Labute approximate surface area is 241 Å². The van der Waals surface area contributed by atoms with Crippen molar-refractivity contribution < 1.29 is 23.8 Å². The second-order valence-corrected chi connectivity index (χ2v) is 9.52. The monoisotopic (exact) mass is 570 g/mol. The van der Waals surface area contributed by atoms with Gasteiger partial charge in [-0.25, -0.2) is 0 Å². The van der Waals surface area contributed by atoms with Gasteiger partial charge in [0.15, 0.2) is 16.6 Å². The molecule has 1 fully saturated rings. The number of carbonyl (C=O) groups excluding carboxylic acids is 2. The van der Waals surface area contributed by atoms with E-state index in [0.717, 1.165) is 5.56 Å². The van der Waals surface area contributed by atoms with Crippen molar-refractivity contribution in [1.29, 1.82) is 0 Å². The average molecular weight is 571 g/mol. The van der Waals surface area contributed by atoms with Crippen LogP contribution in [0.5, 0.6) is 23.0 Å². The predicted octanol–water partition coefficient (Wildman–Crippen LogP) is 6.55. The second kappa shape index (κ2) is 12.0. The highest BCUT2D eigenvalue weighted by Gasteiger charge is 2.34. The number of anilines is 1. The lowest BCUT2D eigenvalue weighted by Gasteiger charge is -2.29. The summed E-state index contributed by atoms with van der Waals surface area (Å²) in [5.74, 6) is 1.11. The van der Waals surface area contributed by atoms with E-state index in [1.807, 2.05) is 42.5 Å². The SMILES string of the molecule is COc1cc(C=C2C(=O)NC(=S)N(c3ccc(Oc4ccccc4)cc3)C2=O)ccc1OCc1ccc(Cl)cc1. The van der Waals surface area contributed by atoms with Gasteiger partial charge in [0.05, 0.1) is 12.8 Å². The van der Waals surface area contributed by atoms with Gasteiger partial charge in [-0.3, -0.25) is 19.8 Å². The van der Waals surface area contributed by atoms with Crippen molar-refractivity contribution >= 4 is 52.5 Å². The molecule has 4 aromatic carbocycles. The number of ether oxygens (including phenoxy) is 3. The molecule has 2 amide bonds. The van der Waals surface area contributed by atoms with Crippen molar-refractivity contribution in [2.75, 3.05) is 12.0 Å². The van der Waals surface area contributed by atoms with E-state index in [2.05, 4.69) is 5.32 Å². The molecule has 200 valence electrons. The molecule has 0 saturated carbocycles. The van der Waals surface area contributed by atoms with E-state index in [1.54, 1.807) is 54.6 Å². The molecule has 1 aliphatic heterocycles. The Balaban J connectivity index is 1.34. The first-order chi connectivity index (χ1) is 19.4. The topological polar surface area (TPSA) is 77.1 Å². The Bertz CT molecular complexity index is 1590. The first kappa shape index (κ1) is 26.9. The fraction of sp³-hybridized carbons (Fsp3) is 0.0645. The van der Waals surface area contributed by atoms with Crippen molar-refractivity contribution in [2.45, 2.75) is 6.61 Å². The zero-order valence-electron chi connectivity index (χ0n) is 21.3. The average Bonchev–Trinajstić information content (AvgIpc) is 2.96. The number of nitrogens with one attached hydrogen (secondary N) is 1. The van der Waals surface area contributed by atoms with E-state index in [-0.39, 0.29) is 10.7 Å². The fourth-order valence-electron chi connectivity index (χ4n) is 3.98. The summed E-state index contributed by atoms with van der Waals surface area (Å²) in [5, 5.41) is 3.24. The van der Waals surface area contributed by atoms with Crippen LogP contribution >= 0.6 is 23.8 Å². The summed E-state index contributed by atoms with van der Waals surface area (Å²) >= 11 is 11.3. The molecular weight excluding hydrogens is 548 g/mol. The van der Waals surface area contributed by atoms with Crippen LogP contribution < -0.4 is 24.4 Å². The summed E-state index contributed by atoms with van der Waals surface area (Å²) in [4.78, 5) is 27.5. The first-order valence-electron chi connectivity index (χ1n) is 12.2. The van der Waals surface area contributed by atoms with E-state index in [1.165, 1.54) is 18.1 Å². The maximum Gasteiger partial charge on any atom is 0.270 e. The van der Waals surface area contributed by atoms with Gasteiger partial charge in [0, 0.05) is 5.02 Å². The Kier molecular flexibility index (Phi) is 8.10. The smallest absolute Gasteiger partial charge is 0.270 e. The number of benzene rings is 4. The Morgan fingerprint density at radius 3 is 2.27 bits per heavy atom. The Morgan fingerprint density at radius 1 is 0.875 bits per heavy atom. The lowest BCUT2D eigenvalue weighted by molar-refractivity contribution is -0.122. The quantitative estimate of drug-likeness (QED) is 0.147. The third-order valence-electron chi connectivity index (χ3n) is 5.98. The first-order valence-corrected chi connectivity index (χ1v) is 13.0. The number of hydrogen-bond donors (Lipinski definition) is 1. The van der Waals surface area contributed by atoms with E-state index in [0.29, 0.717) is 45.9 Å². The zero-order chi connectivity index (χ0) is 28.1. The predicted molar refractivity (Wildman–Crippen MR) is 158 cm³/mol. The largest absolute Gasteiger partial charge is 0.493 e. The molecule has 0 bridgehead atoms. The maximum atomic E-state index is 13.4. The van der Waals surface area contributed by atoms with Crippen LogP contribution in [0.15, 0.2) is 103 Å². The van der Waals surface area contributed by atoms with E-state index < -0.39 is 11.8 Å². The highest BCUT2D eigenvalue weighted by atomic mass is 35.5. The van der Waals surface area contributed by atoms with Crippen LogP contribution in [0.3, 0.4) is 0 Å². The highest BCUT2D eigenvalue weighted by Crippen LogP contribution is 2.31. The molecule has 40 heavy (non-hydrogen) atoms. The Morgan fingerprint density at radius 2 is 1.57 bits per heavy atom. The number of thiocarbonyl (C=S) groups is 1. The van der Waals surface area contributed by atoms with Crippen LogP contribution in [0.25, 0.3) is 6.08 Å². The van der Waals surface area contributed by atoms with Gasteiger partial charge >= 0.3 is 0 Å². The molecule has 7 nitrogen and oxygen atoms in total. The van der Waals surface area contributed by atoms with E-state index in [4.69, 9.17) is 38.0 Å². The minimum atomic E-state index is -0.586. The summed E-state index contributed by atoms with van der Waals surface area (Å²) in [6, 6.07) is 28.7. The number of amides is 2. The molecule has 1 saturated heterocycles. The number of carbonyl (C=O) groups is 2. The minimum Gasteiger partial charge on any atom is -0.493 e. The number of para-hydroxylation sites is 1. The summed E-state index contributed by atoms with van der Waals surface area (Å²) in [5.41, 5.74) is 1.94. The van der Waals surface area contributed by atoms with Gasteiger partial charge in [-0.05, 0) is 90.1 Å². The van der Waals surface area contributed by atoms with Crippen LogP contribution in [0, 0.1) is 0 Å². The number of halogens is 1. The number of rotatable bonds is 8. The van der Waals surface area contributed by atoms with Gasteiger partial charge in [0.25, 0.3) is 11.8 Å². The van der Waals surface area contributed by atoms with Gasteiger partial charge < -0.3 is 14.2 Å². The molecule has 1 N–H and O–H groups in total. The number of methoxy groups -OCH3 is 1. The number of hydrogen-bond acceptors (Lipinski definition) is 6. The molecular formula is C31H23ClN2O5S. The molecule has 0 aromatic heterocycles. The lowest BCUT2D eigenvalue weighted by atomic mass is 10.1. The molecule has 4 aromatic rings. The van der Waals surface area contributed by atoms with Gasteiger partial charge in [0.1, 0.15) is 23.7 Å². The molecule has 9 heteroatoms. The van der Waals surface area contributed by atoms with Crippen LogP contribution in [-0.4, -0.2) is 24.0 Å². The van der Waals surface area contributed by atoms with Crippen LogP contribution in [0.1, 0.15) is 11.1 Å². The highest BCUT2D eigenvalue weighted by molar-refractivity contribution is 7.80. The second-order valence-electron chi connectivity index (χ2n) is 8.69. The van der Waals surface area contributed by atoms with Crippen LogP contribution in [0.4, 0.5) is 5.69 Å². The van der Waals surface area contributed by atoms with Gasteiger partial charge in [-0.2, -0.15) is 0 Å². The van der Waals surface area contributed by atoms with Crippen molar-refractivity contribution in [1.82, 2.24) is 5.32 Å². The van der Waals surface area contributed by atoms with Crippen molar-refractivity contribution in [2.24, 2.45) is 0 Å². The number of nitrogens with zero attached hydrogens (tertiary/aromatic N) is 1. The minimum absolute atomic E-state index is 0.00703. The maximum absolute atomic E-state index is 13.4. The third kappa shape index (κ3) is 6.14. The van der Waals surface area contributed by atoms with Gasteiger partial charge in [0.2, 0.25) is 0 Å². The third-order valence-corrected chi connectivity index (χ3v) is 6.52. The molecule has 1 aliphatic rings. The molecule has 1 heterocycles. The summed E-state index contributed by atoms with van der Waals surface area (Å²) in [7, 11) is 1.52.